The highest BCUT2D eigenvalue weighted by atomic mass is 16.5. The average Bonchev–Trinajstić information content (AvgIpc) is 2.72. The Balaban J connectivity index is 2.89. The second-order valence-corrected chi connectivity index (χ2v) is 5.00. The molecule has 0 amide bonds. The van der Waals surface area contributed by atoms with Crippen LogP contribution in [-0.4, -0.2) is 30.9 Å². The van der Waals surface area contributed by atoms with E-state index < -0.39 is 17.4 Å². The molecule has 1 rings (SSSR count). The number of rotatable bonds is 6. The number of hydrogen-bond donors (Lipinski definition) is 0. The van der Waals surface area contributed by atoms with Crippen molar-refractivity contribution in [2.75, 3.05) is 13.2 Å². The van der Waals surface area contributed by atoms with Gasteiger partial charge in [-0.3, -0.25) is 9.59 Å². The predicted octanol–water partition coefficient (Wildman–Crippen LogP) is 2.19. The molecule has 5 heteroatoms. The van der Waals surface area contributed by atoms with Crippen molar-refractivity contribution in [1.82, 2.24) is 0 Å². The summed E-state index contributed by atoms with van der Waals surface area (Å²) in [4.78, 5) is 35.7. The molecule has 0 radical (unpaired) electrons. The van der Waals surface area contributed by atoms with Crippen molar-refractivity contribution in [2.24, 2.45) is 5.41 Å². The van der Waals surface area contributed by atoms with Gasteiger partial charge in [0.2, 0.25) is 0 Å². The molecule has 1 fully saturated rings. The maximum Gasteiger partial charge on any atom is 0.330 e. The minimum Gasteiger partial charge on any atom is -0.465 e. The Morgan fingerprint density at radius 1 is 1.25 bits per heavy atom. The predicted molar refractivity (Wildman–Crippen MR) is 72.9 cm³/mol. The highest BCUT2D eigenvalue weighted by Crippen LogP contribution is 2.41. The average molecular weight is 282 g/mol. The molecule has 0 aromatic carbocycles. The van der Waals surface area contributed by atoms with Gasteiger partial charge in [0.1, 0.15) is 5.41 Å². The minimum absolute atomic E-state index is 0.0902. The summed E-state index contributed by atoms with van der Waals surface area (Å²) in [5.41, 5.74) is -0.449. The Labute approximate surface area is 119 Å². The van der Waals surface area contributed by atoms with Gasteiger partial charge < -0.3 is 9.47 Å². The summed E-state index contributed by atoms with van der Waals surface area (Å²) in [6, 6.07) is 0. The molecule has 1 atom stereocenters. The molecule has 1 aliphatic rings. The quantitative estimate of drug-likeness (QED) is 0.424. The SMILES string of the molecule is CCOC(=O)/C=C(\C)C[C@@]1(C(=O)OCC)CCCC1=O. The zero-order valence-electron chi connectivity index (χ0n) is 12.4. The lowest BCUT2D eigenvalue weighted by molar-refractivity contribution is -0.158. The number of carbonyl (C=O) groups is 3. The van der Waals surface area contributed by atoms with Gasteiger partial charge in [-0.1, -0.05) is 5.57 Å². The topological polar surface area (TPSA) is 69.7 Å². The standard InChI is InChI=1S/C15H22O5/c1-4-19-13(17)9-11(3)10-15(14(18)20-5-2)8-6-7-12(15)16/h9H,4-8,10H2,1-3H3/b11-9+/t15-/m0/s1. The molecule has 0 unspecified atom stereocenters. The van der Waals surface area contributed by atoms with E-state index in [0.29, 0.717) is 31.4 Å². The van der Waals surface area contributed by atoms with Crippen molar-refractivity contribution >= 4 is 17.7 Å². The molecular weight excluding hydrogens is 260 g/mol. The Morgan fingerprint density at radius 2 is 1.90 bits per heavy atom. The second-order valence-electron chi connectivity index (χ2n) is 5.00. The number of hydrogen-bond acceptors (Lipinski definition) is 5. The van der Waals surface area contributed by atoms with Crippen molar-refractivity contribution in [3.8, 4) is 0 Å². The van der Waals surface area contributed by atoms with Crippen LogP contribution >= 0.6 is 0 Å². The van der Waals surface area contributed by atoms with Gasteiger partial charge in [0.15, 0.2) is 5.78 Å². The molecule has 0 aromatic rings. The molecule has 20 heavy (non-hydrogen) atoms. The Bertz CT molecular complexity index is 424. The summed E-state index contributed by atoms with van der Waals surface area (Å²) in [7, 11) is 0. The zero-order valence-corrected chi connectivity index (χ0v) is 12.4. The highest BCUT2D eigenvalue weighted by molar-refractivity contribution is 6.05. The lowest BCUT2D eigenvalue weighted by atomic mass is 9.79. The van der Waals surface area contributed by atoms with E-state index >= 15 is 0 Å². The summed E-state index contributed by atoms with van der Waals surface area (Å²) < 4.78 is 9.88. The van der Waals surface area contributed by atoms with Gasteiger partial charge >= 0.3 is 11.9 Å². The fourth-order valence-corrected chi connectivity index (χ4v) is 2.59. The molecule has 1 saturated carbocycles. The molecule has 0 heterocycles. The monoisotopic (exact) mass is 282 g/mol. The number of Topliss-reactive ketones (excluding diaryl/α,β-unsaturated/α-hetero) is 1. The van der Waals surface area contributed by atoms with E-state index in [9.17, 15) is 14.4 Å². The van der Waals surface area contributed by atoms with Crippen molar-refractivity contribution in [2.45, 2.75) is 46.5 Å². The summed E-state index contributed by atoms with van der Waals surface area (Å²) in [6.45, 7) is 5.70. The van der Waals surface area contributed by atoms with Crippen molar-refractivity contribution in [1.29, 1.82) is 0 Å². The summed E-state index contributed by atoms with van der Waals surface area (Å²) in [6.07, 6.45) is 3.13. The molecule has 5 nitrogen and oxygen atoms in total. The smallest absolute Gasteiger partial charge is 0.330 e. The number of esters is 2. The van der Waals surface area contributed by atoms with Crippen LogP contribution in [0.25, 0.3) is 0 Å². The third-order valence-corrected chi connectivity index (χ3v) is 3.44. The van der Waals surface area contributed by atoms with Crippen LogP contribution in [0.5, 0.6) is 0 Å². The van der Waals surface area contributed by atoms with Gasteiger partial charge in [-0.05, 0) is 40.0 Å². The molecule has 0 bridgehead atoms. The van der Waals surface area contributed by atoms with Gasteiger partial charge in [-0.2, -0.15) is 0 Å². The first kappa shape index (κ1) is 16.4. The minimum atomic E-state index is -1.11. The third-order valence-electron chi connectivity index (χ3n) is 3.44. The van der Waals surface area contributed by atoms with Crippen LogP contribution in [0.4, 0.5) is 0 Å². The molecule has 112 valence electrons. The fourth-order valence-electron chi connectivity index (χ4n) is 2.59. The summed E-state index contributed by atoms with van der Waals surface area (Å²) in [5.74, 6) is -1.01. The Kier molecular flexibility index (Phi) is 5.92. The van der Waals surface area contributed by atoms with E-state index in [1.165, 1.54) is 6.08 Å². The van der Waals surface area contributed by atoms with Crippen LogP contribution in [-0.2, 0) is 23.9 Å². The van der Waals surface area contributed by atoms with E-state index in [-0.39, 0.29) is 18.8 Å². The Hall–Kier alpha value is -1.65. The van der Waals surface area contributed by atoms with E-state index in [0.717, 1.165) is 0 Å². The number of ether oxygens (including phenoxy) is 2. The molecule has 0 aliphatic heterocycles. The first-order chi connectivity index (χ1) is 9.46. The lowest BCUT2D eigenvalue weighted by Crippen LogP contribution is -2.37. The number of allylic oxidation sites excluding steroid dienone is 1. The largest absolute Gasteiger partial charge is 0.465 e. The maximum absolute atomic E-state index is 12.1. The van der Waals surface area contributed by atoms with Crippen LogP contribution in [0, 0.1) is 5.41 Å². The molecule has 0 spiro atoms. The van der Waals surface area contributed by atoms with E-state index in [2.05, 4.69) is 0 Å². The van der Waals surface area contributed by atoms with Gasteiger partial charge in [-0.25, -0.2) is 4.79 Å². The van der Waals surface area contributed by atoms with Crippen LogP contribution in [0.3, 0.4) is 0 Å². The first-order valence-electron chi connectivity index (χ1n) is 7.00. The van der Waals surface area contributed by atoms with Gasteiger partial charge in [0.25, 0.3) is 0 Å². The van der Waals surface area contributed by atoms with Crippen LogP contribution < -0.4 is 0 Å². The van der Waals surface area contributed by atoms with Crippen LogP contribution in [0.1, 0.15) is 46.5 Å². The fraction of sp³-hybridized carbons (Fsp3) is 0.667. The highest BCUT2D eigenvalue weighted by Gasteiger charge is 2.49. The summed E-state index contributed by atoms with van der Waals surface area (Å²) >= 11 is 0. The van der Waals surface area contributed by atoms with Gasteiger partial charge in [0.05, 0.1) is 13.2 Å². The van der Waals surface area contributed by atoms with Crippen molar-refractivity contribution in [3.63, 3.8) is 0 Å². The van der Waals surface area contributed by atoms with Crippen molar-refractivity contribution in [3.05, 3.63) is 11.6 Å². The first-order valence-corrected chi connectivity index (χ1v) is 7.00. The van der Waals surface area contributed by atoms with E-state index in [4.69, 9.17) is 9.47 Å². The molecule has 1 aliphatic carbocycles. The normalized spacial score (nSPS) is 22.8. The lowest BCUT2D eigenvalue weighted by Gasteiger charge is -2.25. The zero-order chi connectivity index (χ0) is 15.2. The molecule has 0 N–H and O–H groups in total. The molecule has 0 saturated heterocycles. The number of carbonyl (C=O) groups excluding carboxylic acids is 3. The van der Waals surface area contributed by atoms with Gasteiger partial charge in [0, 0.05) is 12.5 Å². The van der Waals surface area contributed by atoms with Crippen LogP contribution in [0.15, 0.2) is 11.6 Å². The Morgan fingerprint density at radius 3 is 2.40 bits per heavy atom. The molecular formula is C15H22O5. The second kappa shape index (κ2) is 7.22. The summed E-state index contributed by atoms with van der Waals surface area (Å²) in [5, 5.41) is 0. The van der Waals surface area contributed by atoms with E-state index in [1.54, 1.807) is 20.8 Å². The maximum atomic E-state index is 12.1. The van der Waals surface area contributed by atoms with E-state index in [1.807, 2.05) is 0 Å². The number of ketones is 1. The van der Waals surface area contributed by atoms with Crippen LogP contribution in [0.2, 0.25) is 0 Å². The van der Waals surface area contributed by atoms with Crippen molar-refractivity contribution < 1.29 is 23.9 Å². The third kappa shape index (κ3) is 3.68. The molecule has 0 aromatic heterocycles. The van der Waals surface area contributed by atoms with Gasteiger partial charge in [-0.15, -0.1) is 0 Å².